The summed E-state index contributed by atoms with van der Waals surface area (Å²) in [5, 5.41) is 3.22. The highest BCUT2D eigenvalue weighted by Crippen LogP contribution is 2.27. The Labute approximate surface area is 161 Å². The van der Waals surface area contributed by atoms with Gasteiger partial charge in [-0.3, -0.25) is 14.8 Å². The number of rotatable bonds is 5. The number of benzene rings is 1. The number of piperidine rings is 1. The number of fused-ring (bicyclic) bond motifs is 1. The van der Waals surface area contributed by atoms with Gasteiger partial charge in [-0.2, -0.15) is 0 Å². The largest absolute Gasteiger partial charge is 0.376 e. The molecule has 3 aliphatic heterocycles. The number of aliphatic imine (C=N–C) groups is 2. The Morgan fingerprint density at radius 2 is 2.00 bits per heavy atom. The normalized spacial score (nSPS) is 25.3. The summed E-state index contributed by atoms with van der Waals surface area (Å²) < 4.78 is 0. The summed E-state index contributed by atoms with van der Waals surface area (Å²) in [5.74, 6) is 2.00. The fourth-order valence-electron chi connectivity index (χ4n) is 4.42. The Balaban J connectivity index is 1.24. The van der Waals surface area contributed by atoms with Gasteiger partial charge < -0.3 is 15.1 Å². The summed E-state index contributed by atoms with van der Waals surface area (Å²) in [4.78, 5) is 26.2. The van der Waals surface area contributed by atoms with Gasteiger partial charge in [0.1, 0.15) is 0 Å². The molecule has 6 heteroatoms. The monoisotopic (exact) mass is 367 g/mol. The van der Waals surface area contributed by atoms with Gasteiger partial charge in [-0.25, -0.2) is 0 Å². The van der Waals surface area contributed by atoms with Gasteiger partial charge in [0.2, 0.25) is 5.91 Å². The third-order valence-electron chi connectivity index (χ3n) is 6.02. The Morgan fingerprint density at radius 1 is 1.22 bits per heavy atom. The number of amides is 1. The van der Waals surface area contributed by atoms with Gasteiger partial charge in [0.25, 0.3) is 0 Å². The van der Waals surface area contributed by atoms with Gasteiger partial charge in [0.05, 0.1) is 31.0 Å². The molecule has 1 fully saturated rings. The topological polar surface area (TPSA) is 60.3 Å². The molecule has 4 rings (SSSR count). The molecular formula is C21H29N5O. The van der Waals surface area contributed by atoms with Gasteiger partial charge in [-0.05, 0) is 37.8 Å². The smallest absolute Gasteiger partial charge is 0.241 e. The van der Waals surface area contributed by atoms with Crippen LogP contribution in [0, 0.1) is 5.92 Å². The molecule has 0 saturated carbocycles. The van der Waals surface area contributed by atoms with Gasteiger partial charge in [-0.1, -0.05) is 18.2 Å². The number of carbonyl (C=O) groups excluding carboxylic acids is 1. The van der Waals surface area contributed by atoms with Crippen LogP contribution < -0.4 is 5.32 Å². The number of hydrogen-bond acceptors (Lipinski definition) is 5. The minimum Gasteiger partial charge on any atom is -0.376 e. The summed E-state index contributed by atoms with van der Waals surface area (Å²) in [5.41, 5.74) is 0.995. The van der Waals surface area contributed by atoms with Crippen LogP contribution in [0.25, 0.3) is 0 Å². The third-order valence-corrected chi connectivity index (χ3v) is 6.02. The number of para-hydroxylation sites is 1. The first-order valence-electron chi connectivity index (χ1n) is 10.1. The van der Waals surface area contributed by atoms with Crippen LogP contribution >= 0.6 is 0 Å². The number of amidine groups is 1. The minimum absolute atomic E-state index is 0.194. The van der Waals surface area contributed by atoms with Gasteiger partial charge in [0, 0.05) is 38.0 Å². The highest BCUT2D eigenvalue weighted by molar-refractivity contribution is 5.83. The van der Waals surface area contributed by atoms with Crippen LogP contribution in [-0.2, 0) is 4.79 Å². The molecule has 0 bridgehead atoms. The Kier molecular flexibility index (Phi) is 5.41. The lowest BCUT2D eigenvalue weighted by molar-refractivity contribution is -0.130. The summed E-state index contributed by atoms with van der Waals surface area (Å²) in [7, 11) is 0. The third kappa shape index (κ3) is 4.15. The van der Waals surface area contributed by atoms with Crippen LogP contribution in [0.2, 0.25) is 0 Å². The summed E-state index contributed by atoms with van der Waals surface area (Å²) in [6.45, 7) is 6.12. The molecule has 0 radical (unpaired) electrons. The van der Waals surface area contributed by atoms with E-state index in [1.807, 2.05) is 35.2 Å². The molecule has 1 amide bonds. The van der Waals surface area contributed by atoms with Crippen molar-refractivity contribution in [2.45, 2.75) is 38.3 Å². The predicted molar refractivity (Wildman–Crippen MR) is 110 cm³/mol. The first-order chi connectivity index (χ1) is 13.2. The SMILES string of the molecule is CC1=NC2CN=CCC2N1CC1CCN(C(=O)CNc2ccccc2)CC1. The molecule has 3 heterocycles. The van der Waals surface area contributed by atoms with Crippen LogP contribution in [0.15, 0.2) is 40.3 Å². The van der Waals surface area contributed by atoms with Crippen molar-refractivity contribution in [1.29, 1.82) is 0 Å². The van der Waals surface area contributed by atoms with Gasteiger partial charge in [-0.15, -0.1) is 0 Å². The zero-order valence-corrected chi connectivity index (χ0v) is 16.1. The molecule has 1 saturated heterocycles. The van der Waals surface area contributed by atoms with E-state index in [0.717, 1.165) is 51.1 Å². The van der Waals surface area contributed by atoms with Crippen LogP contribution in [0.3, 0.4) is 0 Å². The maximum absolute atomic E-state index is 12.5. The van der Waals surface area contributed by atoms with Crippen molar-refractivity contribution in [3.63, 3.8) is 0 Å². The van der Waals surface area contributed by atoms with Crippen LogP contribution in [-0.4, -0.2) is 72.6 Å². The average molecular weight is 367 g/mol. The van der Waals surface area contributed by atoms with E-state index in [0.29, 0.717) is 24.5 Å². The zero-order chi connectivity index (χ0) is 18.6. The molecule has 144 valence electrons. The molecule has 1 aromatic rings. The van der Waals surface area contributed by atoms with Crippen LogP contribution in [0.5, 0.6) is 0 Å². The Bertz CT molecular complexity index is 709. The van der Waals surface area contributed by atoms with E-state index >= 15 is 0 Å². The Morgan fingerprint density at radius 3 is 2.78 bits per heavy atom. The molecule has 0 aliphatic carbocycles. The number of anilines is 1. The van der Waals surface area contributed by atoms with Gasteiger partial charge >= 0.3 is 0 Å². The van der Waals surface area contributed by atoms with Crippen molar-refractivity contribution in [2.75, 3.05) is 38.0 Å². The van der Waals surface area contributed by atoms with Crippen molar-refractivity contribution < 1.29 is 4.79 Å². The highest BCUT2D eigenvalue weighted by atomic mass is 16.2. The lowest BCUT2D eigenvalue weighted by Crippen LogP contribution is -2.47. The molecule has 0 spiro atoms. The molecule has 2 atom stereocenters. The van der Waals surface area contributed by atoms with Crippen molar-refractivity contribution in [2.24, 2.45) is 15.9 Å². The lowest BCUT2D eigenvalue weighted by Gasteiger charge is -2.37. The molecule has 1 aromatic carbocycles. The fourth-order valence-corrected chi connectivity index (χ4v) is 4.42. The number of hydrogen-bond donors (Lipinski definition) is 1. The summed E-state index contributed by atoms with van der Waals surface area (Å²) in [6, 6.07) is 10.8. The maximum atomic E-state index is 12.5. The van der Waals surface area contributed by atoms with E-state index in [9.17, 15) is 4.79 Å². The number of nitrogens with zero attached hydrogens (tertiary/aromatic N) is 4. The first-order valence-corrected chi connectivity index (χ1v) is 10.1. The predicted octanol–water partition coefficient (Wildman–Crippen LogP) is 2.28. The van der Waals surface area contributed by atoms with E-state index < -0.39 is 0 Å². The fraction of sp³-hybridized carbons (Fsp3) is 0.571. The first kappa shape index (κ1) is 18.0. The van der Waals surface area contributed by atoms with E-state index in [1.165, 1.54) is 5.84 Å². The zero-order valence-electron chi connectivity index (χ0n) is 16.1. The quantitative estimate of drug-likeness (QED) is 0.869. The van der Waals surface area contributed by atoms with E-state index in [-0.39, 0.29) is 5.91 Å². The second kappa shape index (κ2) is 8.11. The van der Waals surface area contributed by atoms with E-state index in [2.05, 4.69) is 28.3 Å². The van der Waals surface area contributed by atoms with Crippen molar-refractivity contribution >= 4 is 23.6 Å². The lowest BCUT2D eigenvalue weighted by atomic mass is 9.94. The standard InChI is InChI=1S/C21H29N5O/c1-16-24-19-13-22-10-7-20(19)26(16)15-17-8-11-25(12-9-17)21(27)14-23-18-5-3-2-4-6-18/h2-6,10,17,19-20,23H,7-9,11-15H2,1H3. The van der Waals surface area contributed by atoms with Crippen LogP contribution in [0.1, 0.15) is 26.2 Å². The highest BCUT2D eigenvalue weighted by Gasteiger charge is 2.36. The van der Waals surface area contributed by atoms with Gasteiger partial charge in [0.15, 0.2) is 0 Å². The maximum Gasteiger partial charge on any atom is 0.241 e. The summed E-state index contributed by atoms with van der Waals surface area (Å²) in [6.07, 6.45) is 5.22. The number of carbonyl (C=O) groups is 1. The number of likely N-dealkylation sites (tertiary alicyclic amines) is 1. The summed E-state index contributed by atoms with van der Waals surface area (Å²) >= 11 is 0. The van der Waals surface area contributed by atoms with Crippen LogP contribution in [0.4, 0.5) is 5.69 Å². The second-order valence-electron chi connectivity index (χ2n) is 7.79. The second-order valence-corrected chi connectivity index (χ2v) is 7.79. The minimum atomic E-state index is 0.194. The molecule has 27 heavy (non-hydrogen) atoms. The molecule has 2 unspecified atom stereocenters. The van der Waals surface area contributed by atoms with E-state index in [4.69, 9.17) is 4.99 Å². The molecule has 1 N–H and O–H groups in total. The van der Waals surface area contributed by atoms with Crippen molar-refractivity contribution in [1.82, 2.24) is 9.80 Å². The Hall–Kier alpha value is -2.37. The number of nitrogens with one attached hydrogen (secondary N) is 1. The van der Waals surface area contributed by atoms with E-state index in [1.54, 1.807) is 0 Å². The molecular weight excluding hydrogens is 338 g/mol. The molecule has 6 nitrogen and oxygen atoms in total. The molecule has 3 aliphatic rings. The average Bonchev–Trinajstić information content (AvgIpc) is 3.03. The van der Waals surface area contributed by atoms with Crippen molar-refractivity contribution in [3.05, 3.63) is 30.3 Å². The molecule has 0 aromatic heterocycles. The van der Waals surface area contributed by atoms with Crippen molar-refractivity contribution in [3.8, 4) is 0 Å².